The van der Waals surface area contributed by atoms with Crippen LogP contribution in [0.25, 0.3) is 11.3 Å². The molecule has 7 nitrogen and oxygen atoms in total. The van der Waals surface area contributed by atoms with Crippen LogP contribution in [0.1, 0.15) is 31.6 Å². The molecule has 0 unspecified atom stereocenters. The minimum absolute atomic E-state index is 0.00387. The van der Waals surface area contributed by atoms with E-state index in [9.17, 15) is 13.2 Å². The van der Waals surface area contributed by atoms with Crippen molar-refractivity contribution in [2.45, 2.75) is 37.0 Å². The van der Waals surface area contributed by atoms with Gasteiger partial charge in [0.1, 0.15) is 0 Å². The predicted octanol–water partition coefficient (Wildman–Crippen LogP) is 3.88. The number of rotatable bonds is 9. The zero-order chi connectivity index (χ0) is 23.1. The number of carbonyl (C=O) groups excluding carboxylic acids is 1. The van der Waals surface area contributed by atoms with Gasteiger partial charge in [-0.05, 0) is 37.3 Å². The van der Waals surface area contributed by atoms with E-state index in [0.717, 1.165) is 24.2 Å². The van der Waals surface area contributed by atoms with Crippen LogP contribution in [-0.4, -0.2) is 43.2 Å². The number of aromatic nitrogens is 1. The lowest BCUT2D eigenvalue weighted by molar-refractivity contribution is -0.121. The Morgan fingerprint density at radius 1 is 1.03 bits per heavy atom. The van der Waals surface area contributed by atoms with E-state index in [2.05, 4.69) is 10.3 Å². The van der Waals surface area contributed by atoms with E-state index >= 15 is 0 Å². The Kier molecular flexibility index (Phi) is 7.57. The van der Waals surface area contributed by atoms with Gasteiger partial charge in [-0.3, -0.25) is 4.79 Å². The maximum atomic E-state index is 12.7. The summed E-state index contributed by atoms with van der Waals surface area (Å²) in [4.78, 5) is 16.9. The third-order valence-electron chi connectivity index (χ3n) is 5.95. The number of hydrogen-bond donors (Lipinski definition) is 1. The monoisotopic (exact) mass is 467 g/mol. The number of oxazole rings is 1. The van der Waals surface area contributed by atoms with Crippen molar-refractivity contribution in [3.8, 4) is 11.3 Å². The normalized spacial score (nSPS) is 15.4. The van der Waals surface area contributed by atoms with Gasteiger partial charge in [0.15, 0.2) is 11.7 Å². The molecule has 2 aromatic carbocycles. The molecule has 0 radical (unpaired) electrons. The Balaban J connectivity index is 1.15. The Morgan fingerprint density at radius 3 is 2.39 bits per heavy atom. The zero-order valence-corrected chi connectivity index (χ0v) is 19.3. The van der Waals surface area contributed by atoms with Crippen LogP contribution in [0.5, 0.6) is 0 Å². The number of nitrogens with one attached hydrogen (secondary N) is 1. The van der Waals surface area contributed by atoms with Gasteiger partial charge in [0.2, 0.25) is 15.9 Å². The first kappa shape index (κ1) is 23.2. The lowest BCUT2D eigenvalue weighted by Crippen LogP contribution is -2.41. The fourth-order valence-corrected chi connectivity index (χ4v) is 5.49. The Labute approximate surface area is 194 Å². The number of hydrogen-bond acceptors (Lipinski definition) is 5. The molecular weight excluding hydrogens is 438 g/mol. The molecule has 1 N–H and O–H groups in total. The van der Waals surface area contributed by atoms with Gasteiger partial charge in [0, 0.05) is 38.0 Å². The van der Waals surface area contributed by atoms with Crippen molar-refractivity contribution >= 4 is 15.9 Å². The molecule has 1 amide bonds. The molecule has 33 heavy (non-hydrogen) atoms. The van der Waals surface area contributed by atoms with Crippen molar-refractivity contribution < 1.29 is 17.6 Å². The highest BCUT2D eigenvalue weighted by Gasteiger charge is 2.29. The molecule has 4 rings (SSSR count). The number of sulfonamides is 1. The molecule has 1 fully saturated rings. The van der Waals surface area contributed by atoms with Gasteiger partial charge in [0.05, 0.1) is 11.1 Å². The minimum Gasteiger partial charge on any atom is -0.441 e. The van der Waals surface area contributed by atoms with Gasteiger partial charge in [-0.25, -0.2) is 13.4 Å². The highest BCUT2D eigenvalue weighted by atomic mass is 32.2. The summed E-state index contributed by atoms with van der Waals surface area (Å²) >= 11 is 0. The van der Waals surface area contributed by atoms with Crippen LogP contribution in [-0.2, 0) is 21.2 Å². The number of carbonyl (C=O) groups is 1. The summed E-state index contributed by atoms with van der Waals surface area (Å²) in [5.41, 5.74) is 0.983. The second-order valence-electron chi connectivity index (χ2n) is 8.30. The molecule has 0 atom stereocenters. The first-order valence-corrected chi connectivity index (χ1v) is 12.8. The molecule has 0 aliphatic carbocycles. The second-order valence-corrected chi connectivity index (χ2v) is 10.2. The van der Waals surface area contributed by atoms with E-state index in [-0.39, 0.29) is 11.8 Å². The summed E-state index contributed by atoms with van der Waals surface area (Å²) in [7, 11) is -3.44. The second kappa shape index (κ2) is 10.8. The fourth-order valence-electron chi connectivity index (χ4n) is 4.00. The average molecular weight is 468 g/mol. The lowest BCUT2D eigenvalue weighted by Gasteiger charge is -2.31. The molecule has 1 aliphatic heterocycles. The molecule has 8 heteroatoms. The number of piperidine rings is 1. The van der Waals surface area contributed by atoms with Gasteiger partial charge < -0.3 is 9.73 Å². The smallest absolute Gasteiger partial charge is 0.243 e. The predicted molar refractivity (Wildman–Crippen MR) is 126 cm³/mol. The van der Waals surface area contributed by atoms with Crippen LogP contribution in [0.15, 0.2) is 76.2 Å². The summed E-state index contributed by atoms with van der Waals surface area (Å²) < 4.78 is 32.8. The highest BCUT2D eigenvalue weighted by molar-refractivity contribution is 7.89. The minimum atomic E-state index is -3.44. The molecule has 0 spiro atoms. The number of nitrogens with zero attached hydrogens (tertiary/aromatic N) is 2. The van der Waals surface area contributed by atoms with Crippen molar-refractivity contribution in [2.75, 3.05) is 19.6 Å². The molecule has 174 valence electrons. The average Bonchev–Trinajstić information content (AvgIpc) is 3.33. The van der Waals surface area contributed by atoms with E-state index in [1.54, 1.807) is 40.8 Å². The Hall–Kier alpha value is -2.97. The van der Waals surface area contributed by atoms with Gasteiger partial charge in [0.25, 0.3) is 0 Å². The van der Waals surface area contributed by atoms with Crippen molar-refractivity contribution in [1.29, 1.82) is 0 Å². The van der Waals surface area contributed by atoms with Crippen LogP contribution in [0.3, 0.4) is 0 Å². The van der Waals surface area contributed by atoms with Crippen LogP contribution in [0, 0.1) is 5.92 Å². The Morgan fingerprint density at radius 2 is 1.70 bits per heavy atom. The van der Waals surface area contributed by atoms with Crippen molar-refractivity contribution in [1.82, 2.24) is 14.6 Å². The molecular formula is C25H29N3O4S. The SMILES string of the molecule is O=C(CCCc1ncc(-c2ccccc2)o1)NCC1CCN(S(=O)(=O)c2ccccc2)CC1. The van der Waals surface area contributed by atoms with Crippen LogP contribution in [0.4, 0.5) is 0 Å². The van der Waals surface area contributed by atoms with Gasteiger partial charge in [-0.15, -0.1) is 0 Å². The van der Waals surface area contributed by atoms with Crippen LogP contribution >= 0.6 is 0 Å². The standard InChI is InChI=1S/C25H29N3O4S/c29-24(12-7-13-25-27-19-23(32-25)21-8-3-1-4-9-21)26-18-20-14-16-28(17-15-20)33(30,31)22-10-5-2-6-11-22/h1-6,8-11,19-20H,7,12-18H2,(H,26,29). The molecule has 1 aliphatic rings. The molecule has 3 aromatic rings. The molecule has 0 bridgehead atoms. The largest absolute Gasteiger partial charge is 0.441 e. The Bertz CT molecular complexity index is 1140. The number of aryl methyl sites for hydroxylation is 1. The molecule has 1 saturated heterocycles. The van der Waals surface area contributed by atoms with Gasteiger partial charge in [-0.1, -0.05) is 48.5 Å². The first-order valence-electron chi connectivity index (χ1n) is 11.3. The number of amides is 1. The lowest BCUT2D eigenvalue weighted by atomic mass is 9.98. The zero-order valence-electron chi connectivity index (χ0n) is 18.5. The van der Waals surface area contributed by atoms with Gasteiger partial charge in [-0.2, -0.15) is 4.31 Å². The maximum Gasteiger partial charge on any atom is 0.243 e. The maximum absolute atomic E-state index is 12.7. The third kappa shape index (κ3) is 6.09. The fraction of sp³-hybridized carbons (Fsp3) is 0.360. The van der Waals surface area contributed by atoms with Crippen molar-refractivity contribution in [2.24, 2.45) is 5.92 Å². The van der Waals surface area contributed by atoms with E-state index in [4.69, 9.17) is 4.42 Å². The van der Waals surface area contributed by atoms with E-state index in [0.29, 0.717) is 49.7 Å². The molecule has 0 saturated carbocycles. The summed E-state index contributed by atoms with van der Waals surface area (Å²) in [5, 5.41) is 3.00. The highest BCUT2D eigenvalue weighted by Crippen LogP contribution is 2.23. The molecule has 1 aromatic heterocycles. The first-order chi connectivity index (χ1) is 16.0. The van der Waals surface area contributed by atoms with E-state index in [1.165, 1.54) is 0 Å². The number of benzene rings is 2. The molecule has 2 heterocycles. The summed E-state index contributed by atoms with van der Waals surface area (Å²) in [5.74, 6) is 1.66. The van der Waals surface area contributed by atoms with Crippen LogP contribution in [0.2, 0.25) is 0 Å². The third-order valence-corrected chi connectivity index (χ3v) is 7.86. The van der Waals surface area contributed by atoms with Crippen molar-refractivity contribution in [3.05, 3.63) is 72.8 Å². The quantitative estimate of drug-likeness (QED) is 0.516. The summed E-state index contributed by atoms with van der Waals surface area (Å²) in [6, 6.07) is 18.3. The topological polar surface area (TPSA) is 92.5 Å². The summed E-state index contributed by atoms with van der Waals surface area (Å²) in [6.45, 7) is 1.53. The van der Waals surface area contributed by atoms with E-state index in [1.807, 2.05) is 30.3 Å². The van der Waals surface area contributed by atoms with Gasteiger partial charge >= 0.3 is 0 Å². The summed E-state index contributed by atoms with van der Waals surface area (Å²) in [6.07, 6.45) is 4.87. The van der Waals surface area contributed by atoms with Crippen LogP contribution < -0.4 is 5.32 Å². The van der Waals surface area contributed by atoms with E-state index < -0.39 is 10.0 Å². The van der Waals surface area contributed by atoms with Crippen molar-refractivity contribution in [3.63, 3.8) is 0 Å².